The molecule has 10 heavy (non-hydrogen) atoms. The number of Topliss-reactive ketones (excluding diaryl/α,β-unsaturated/α-hetero) is 1. The molecule has 0 saturated heterocycles. The van der Waals surface area contributed by atoms with E-state index in [2.05, 4.69) is 4.72 Å². The molecule has 5 heteroatoms. The van der Waals surface area contributed by atoms with Gasteiger partial charge in [0.2, 0.25) is 10.0 Å². The molecule has 0 aliphatic carbocycles. The molecule has 0 fully saturated rings. The van der Waals surface area contributed by atoms with Crippen molar-refractivity contribution in [2.75, 3.05) is 12.8 Å². The monoisotopic (exact) mass is 165 g/mol. The molecule has 1 N–H and O–H groups in total. The lowest BCUT2D eigenvalue weighted by atomic mass is 10.3. The minimum absolute atomic E-state index is 0.0880. The summed E-state index contributed by atoms with van der Waals surface area (Å²) in [6.45, 7) is 1.60. The van der Waals surface area contributed by atoms with Gasteiger partial charge in [-0.05, 0) is 0 Å². The second-order valence-corrected chi connectivity index (χ2v) is 3.82. The van der Waals surface area contributed by atoms with Crippen LogP contribution in [0.4, 0.5) is 0 Å². The van der Waals surface area contributed by atoms with Crippen LogP contribution in [-0.2, 0) is 14.8 Å². The van der Waals surface area contributed by atoms with Gasteiger partial charge in [-0.25, -0.2) is 13.1 Å². The van der Waals surface area contributed by atoms with Crippen molar-refractivity contribution in [1.82, 2.24) is 4.72 Å². The second kappa shape index (κ2) is 3.68. The molecule has 60 valence electrons. The van der Waals surface area contributed by atoms with E-state index in [1.807, 2.05) is 0 Å². The number of sulfonamides is 1. The molecule has 0 saturated carbocycles. The molecule has 0 radical (unpaired) electrons. The highest BCUT2D eigenvalue weighted by Gasteiger charge is 2.02. The average molecular weight is 165 g/mol. The van der Waals surface area contributed by atoms with Crippen LogP contribution >= 0.6 is 0 Å². The topological polar surface area (TPSA) is 63.2 Å². The number of carbonyl (C=O) groups excluding carboxylic acids is 1. The summed E-state index contributed by atoms with van der Waals surface area (Å²) in [5, 5.41) is 0. The van der Waals surface area contributed by atoms with Crippen molar-refractivity contribution >= 4 is 15.8 Å². The first-order valence-corrected chi connectivity index (χ1v) is 4.81. The van der Waals surface area contributed by atoms with Crippen LogP contribution < -0.4 is 4.72 Å². The van der Waals surface area contributed by atoms with E-state index in [-0.39, 0.29) is 12.3 Å². The lowest BCUT2D eigenvalue weighted by Crippen LogP contribution is -2.27. The minimum atomic E-state index is -3.20. The number of hydrogen-bond donors (Lipinski definition) is 1. The normalized spacial score (nSPS) is 11.4. The molecule has 0 unspecified atom stereocenters. The zero-order valence-corrected chi connectivity index (χ0v) is 6.86. The fourth-order valence-corrected chi connectivity index (χ4v) is 0.760. The maximum absolute atomic E-state index is 10.5. The number of carbonyl (C=O) groups is 1. The van der Waals surface area contributed by atoms with Crippen LogP contribution in [0.15, 0.2) is 0 Å². The first-order valence-electron chi connectivity index (χ1n) is 2.92. The summed E-state index contributed by atoms with van der Waals surface area (Å²) in [4.78, 5) is 10.5. The summed E-state index contributed by atoms with van der Waals surface area (Å²) in [5.74, 6) is -0.106. The molecule has 0 heterocycles. The van der Waals surface area contributed by atoms with Crippen LogP contribution in [0.25, 0.3) is 0 Å². The zero-order valence-electron chi connectivity index (χ0n) is 6.05. The van der Waals surface area contributed by atoms with Gasteiger partial charge in [0.05, 0.1) is 12.8 Å². The fraction of sp³-hybridized carbons (Fsp3) is 0.800. The Bertz CT molecular complexity index is 207. The third-order valence-corrected chi connectivity index (χ3v) is 1.59. The van der Waals surface area contributed by atoms with Crippen molar-refractivity contribution in [2.45, 2.75) is 13.3 Å². The van der Waals surface area contributed by atoms with Crippen molar-refractivity contribution in [3.05, 3.63) is 0 Å². The molecular formula is C5H11NO3S. The largest absolute Gasteiger partial charge is 0.298 e. The molecule has 0 aromatic heterocycles. The maximum Gasteiger partial charge on any atom is 0.209 e. The molecule has 4 nitrogen and oxygen atoms in total. The van der Waals surface area contributed by atoms with Crippen LogP contribution in [-0.4, -0.2) is 27.0 Å². The van der Waals surface area contributed by atoms with E-state index >= 15 is 0 Å². The minimum Gasteiger partial charge on any atom is -0.298 e. The number of nitrogens with one attached hydrogen (secondary N) is 1. The van der Waals surface area contributed by atoms with E-state index in [1.54, 1.807) is 6.92 Å². The predicted molar refractivity (Wildman–Crippen MR) is 38.1 cm³/mol. The second-order valence-electron chi connectivity index (χ2n) is 1.99. The van der Waals surface area contributed by atoms with Gasteiger partial charge in [-0.3, -0.25) is 4.79 Å². The first kappa shape index (κ1) is 9.58. The highest BCUT2D eigenvalue weighted by molar-refractivity contribution is 7.88. The Kier molecular flexibility index (Phi) is 3.52. The van der Waals surface area contributed by atoms with Crippen LogP contribution in [0.2, 0.25) is 0 Å². The van der Waals surface area contributed by atoms with Crippen molar-refractivity contribution in [3.63, 3.8) is 0 Å². The van der Waals surface area contributed by atoms with Crippen LogP contribution in [0, 0.1) is 0 Å². The highest BCUT2D eigenvalue weighted by atomic mass is 32.2. The van der Waals surface area contributed by atoms with Gasteiger partial charge in [0.15, 0.2) is 0 Å². The van der Waals surface area contributed by atoms with Crippen molar-refractivity contribution < 1.29 is 13.2 Å². The number of rotatable bonds is 4. The summed E-state index contributed by atoms with van der Waals surface area (Å²) in [6, 6.07) is 0. The van der Waals surface area contributed by atoms with E-state index in [0.717, 1.165) is 6.26 Å². The summed E-state index contributed by atoms with van der Waals surface area (Å²) in [5.41, 5.74) is 0. The molecule has 0 aliphatic heterocycles. The Hall–Kier alpha value is -0.420. The Morgan fingerprint density at radius 3 is 2.30 bits per heavy atom. The molecule has 0 atom stereocenters. The third kappa shape index (κ3) is 5.71. The Balaban J connectivity index is 3.67. The van der Waals surface area contributed by atoms with Crippen LogP contribution in [0.5, 0.6) is 0 Å². The average Bonchev–Trinajstić information content (AvgIpc) is 1.81. The quantitative estimate of drug-likeness (QED) is 0.611. The first-order chi connectivity index (χ1) is 4.45. The smallest absolute Gasteiger partial charge is 0.209 e. The van der Waals surface area contributed by atoms with E-state index in [9.17, 15) is 13.2 Å². The van der Waals surface area contributed by atoms with Gasteiger partial charge in [0.25, 0.3) is 0 Å². The van der Waals surface area contributed by atoms with Gasteiger partial charge in [-0.15, -0.1) is 0 Å². The van der Waals surface area contributed by atoms with E-state index < -0.39 is 10.0 Å². The fourth-order valence-electron chi connectivity index (χ4n) is 0.337. The summed E-state index contributed by atoms with van der Waals surface area (Å²) in [6.07, 6.45) is 1.39. The van der Waals surface area contributed by atoms with Gasteiger partial charge in [-0.2, -0.15) is 0 Å². The molecule has 0 aliphatic rings. The van der Waals surface area contributed by atoms with Crippen LogP contribution in [0.3, 0.4) is 0 Å². The maximum atomic E-state index is 10.5. The van der Waals surface area contributed by atoms with Crippen molar-refractivity contribution in [3.8, 4) is 0 Å². The Morgan fingerprint density at radius 1 is 1.50 bits per heavy atom. The molecule has 0 aromatic carbocycles. The summed E-state index contributed by atoms with van der Waals surface area (Å²) >= 11 is 0. The predicted octanol–water partition coefficient (Wildman–Crippen LogP) is -0.485. The Morgan fingerprint density at radius 2 is 2.00 bits per heavy atom. The summed E-state index contributed by atoms with van der Waals surface area (Å²) < 4.78 is 22.9. The highest BCUT2D eigenvalue weighted by Crippen LogP contribution is 1.79. The van der Waals surface area contributed by atoms with Crippen molar-refractivity contribution in [1.29, 1.82) is 0 Å². The summed E-state index contributed by atoms with van der Waals surface area (Å²) in [7, 11) is -3.20. The Labute approximate surface area is 60.7 Å². The third-order valence-electron chi connectivity index (χ3n) is 0.926. The molecule has 0 aromatic rings. The molecule has 0 rings (SSSR count). The SMILES string of the molecule is CCC(=O)CNS(C)(=O)=O. The van der Waals surface area contributed by atoms with Gasteiger partial charge in [0, 0.05) is 6.42 Å². The molecular weight excluding hydrogens is 154 g/mol. The van der Waals surface area contributed by atoms with Gasteiger partial charge in [0.1, 0.15) is 5.78 Å². The van der Waals surface area contributed by atoms with Gasteiger partial charge in [-0.1, -0.05) is 6.92 Å². The van der Waals surface area contributed by atoms with Crippen molar-refractivity contribution in [2.24, 2.45) is 0 Å². The zero-order chi connectivity index (χ0) is 8.20. The number of hydrogen-bond acceptors (Lipinski definition) is 3. The van der Waals surface area contributed by atoms with Gasteiger partial charge < -0.3 is 0 Å². The molecule has 0 amide bonds. The van der Waals surface area contributed by atoms with E-state index in [0.29, 0.717) is 6.42 Å². The lowest BCUT2D eigenvalue weighted by Gasteiger charge is -1.97. The van der Waals surface area contributed by atoms with E-state index in [4.69, 9.17) is 0 Å². The number of ketones is 1. The van der Waals surface area contributed by atoms with Crippen LogP contribution in [0.1, 0.15) is 13.3 Å². The van der Waals surface area contributed by atoms with E-state index in [1.165, 1.54) is 0 Å². The standard InChI is InChI=1S/C5H11NO3S/c1-3-5(7)4-6-10(2,8)9/h6H,3-4H2,1-2H3. The lowest BCUT2D eigenvalue weighted by molar-refractivity contribution is -0.117. The van der Waals surface area contributed by atoms with Gasteiger partial charge >= 0.3 is 0 Å². The molecule has 0 spiro atoms. The molecule has 0 bridgehead atoms.